The number of ether oxygens (including phenoxy) is 4. The summed E-state index contributed by atoms with van der Waals surface area (Å²) in [6.45, 7) is 1.16. The zero-order valence-corrected chi connectivity index (χ0v) is 41.7. The van der Waals surface area contributed by atoms with Gasteiger partial charge in [0.2, 0.25) is 17.7 Å². The van der Waals surface area contributed by atoms with E-state index in [1.807, 2.05) is 0 Å². The second-order valence-electron chi connectivity index (χ2n) is 16.8. The van der Waals surface area contributed by atoms with E-state index in [1.54, 1.807) is 12.1 Å². The first-order valence-electron chi connectivity index (χ1n) is 23.8. The number of nitrogens with one attached hydrogen (secondary N) is 6. The third-order valence-corrected chi connectivity index (χ3v) is 11.6. The standard InChI is InChI=1S/C51H69N11O11/c1-70-41-20-16-31(27-34(41)45(56)63)57-50(68)40(14-8-11-25-54)62-48(66)37-28-32(17-21-44(37)73-4)58-49(67)38(12-6-5-9-23-52)61-47(65)36-29-33(18-22-43(36)72-3)59-51(69)39(13-7-10-24-53)60-46(64)35-26-30(55)15-19-42(35)71-2/h15-22,26-29,38-40H,5-14,23-25,52-55H2,1-4H3,(H2,56,63)(H,57,68)(H,58,67)(H,59,69)(H,60,64)(H,61,65)(H,62,66)/t38-,39-,40-/m0/s1. The zero-order valence-electron chi connectivity index (χ0n) is 41.7. The van der Waals surface area contributed by atoms with E-state index in [1.165, 1.54) is 89.1 Å². The predicted octanol–water partition coefficient (Wildman–Crippen LogP) is 3.39. The van der Waals surface area contributed by atoms with Crippen molar-refractivity contribution in [2.75, 3.05) is 69.8 Å². The highest BCUT2D eigenvalue weighted by molar-refractivity contribution is 6.07. The number of amides is 7. The van der Waals surface area contributed by atoms with E-state index in [2.05, 4.69) is 31.9 Å². The monoisotopic (exact) mass is 1010 g/mol. The van der Waals surface area contributed by atoms with Crippen molar-refractivity contribution < 1.29 is 52.5 Å². The Balaban J connectivity index is 1.56. The minimum absolute atomic E-state index is 0.0120. The number of methoxy groups -OCH3 is 4. The largest absolute Gasteiger partial charge is 0.496 e. The summed E-state index contributed by atoms with van der Waals surface area (Å²) < 4.78 is 21.6. The number of nitrogens with two attached hydrogens (primary N) is 5. The number of hydrogen-bond donors (Lipinski definition) is 11. The van der Waals surface area contributed by atoms with E-state index in [9.17, 15) is 33.6 Å². The topological polar surface area (TPSA) is 359 Å². The molecule has 3 atom stereocenters. The van der Waals surface area contributed by atoms with Crippen molar-refractivity contribution in [3.63, 3.8) is 0 Å². The first-order chi connectivity index (χ1) is 35.1. The number of unbranched alkanes of at least 4 members (excludes halogenated alkanes) is 4. The van der Waals surface area contributed by atoms with E-state index >= 15 is 0 Å². The number of nitrogen functional groups attached to an aromatic ring is 1. The molecule has 7 amide bonds. The average molecular weight is 1010 g/mol. The normalized spacial score (nSPS) is 12.0. The summed E-state index contributed by atoms with van der Waals surface area (Å²) in [4.78, 5) is 95.3. The molecule has 73 heavy (non-hydrogen) atoms. The molecule has 0 radical (unpaired) electrons. The molecule has 4 rings (SSSR count). The van der Waals surface area contributed by atoms with Crippen molar-refractivity contribution in [1.29, 1.82) is 0 Å². The summed E-state index contributed by atoms with van der Waals surface area (Å²) in [5, 5.41) is 16.6. The van der Waals surface area contributed by atoms with Crippen LogP contribution in [0.5, 0.6) is 23.0 Å². The molecule has 0 unspecified atom stereocenters. The molecule has 0 saturated carbocycles. The third-order valence-electron chi connectivity index (χ3n) is 11.6. The molecule has 0 fully saturated rings. The van der Waals surface area contributed by atoms with E-state index in [4.69, 9.17) is 47.6 Å². The van der Waals surface area contributed by atoms with Crippen LogP contribution >= 0.6 is 0 Å². The van der Waals surface area contributed by atoms with Gasteiger partial charge in [-0.3, -0.25) is 33.6 Å². The van der Waals surface area contributed by atoms with Crippen LogP contribution in [0.25, 0.3) is 0 Å². The number of benzene rings is 4. The summed E-state index contributed by atoms with van der Waals surface area (Å²) in [6.07, 6.45) is 4.63. The lowest BCUT2D eigenvalue weighted by atomic mass is 10.0. The minimum atomic E-state index is -1.12. The Hall–Kier alpha value is -7.95. The fraction of sp³-hybridized carbons (Fsp3) is 0.392. The number of rotatable bonds is 30. The van der Waals surface area contributed by atoms with E-state index in [-0.39, 0.29) is 81.6 Å². The van der Waals surface area contributed by atoms with Crippen molar-refractivity contribution in [2.24, 2.45) is 22.9 Å². The van der Waals surface area contributed by atoms with Gasteiger partial charge in [0.05, 0.1) is 50.7 Å². The van der Waals surface area contributed by atoms with Crippen LogP contribution in [0.3, 0.4) is 0 Å². The van der Waals surface area contributed by atoms with Crippen LogP contribution in [0.1, 0.15) is 106 Å². The van der Waals surface area contributed by atoms with Gasteiger partial charge in [-0.05, 0) is 144 Å². The van der Waals surface area contributed by atoms with Crippen LogP contribution in [0.4, 0.5) is 22.7 Å². The van der Waals surface area contributed by atoms with Crippen LogP contribution in [-0.2, 0) is 14.4 Å². The molecule has 16 N–H and O–H groups in total. The van der Waals surface area contributed by atoms with Gasteiger partial charge < -0.3 is 79.5 Å². The minimum Gasteiger partial charge on any atom is -0.496 e. The average Bonchev–Trinajstić information content (AvgIpc) is 3.38. The number of carbonyl (C=O) groups is 7. The smallest absolute Gasteiger partial charge is 0.255 e. The highest BCUT2D eigenvalue weighted by Gasteiger charge is 2.28. The second kappa shape index (κ2) is 29.4. The lowest BCUT2D eigenvalue weighted by molar-refractivity contribution is -0.118. The lowest BCUT2D eigenvalue weighted by Crippen LogP contribution is -2.44. The van der Waals surface area contributed by atoms with Crippen molar-refractivity contribution in [3.05, 3.63) is 95.1 Å². The molecule has 4 aromatic carbocycles. The molecule has 0 bridgehead atoms. The van der Waals surface area contributed by atoms with E-state index in [0.29, 0.717) is 70.3 Å². The molecule has 0 aromatic heterocycles. The first kappa shape index (κ1) is 57.6. The lowest BCUT2D eigenvalue weighted by Gasteiger charge is -2.22. The molecular weight excluding hydrogens is 943 g/mol. The molecule has 394 valence electrons. The van der Waals surface area contributed by atoms with Gasteiger partial charge >= 0.3 is 0 Å². The number of hydrogen-bond acceptors (Lipinski definition) is 15. The van der Waals surface area contributed by atoms with Gasteiger partial charge in [-0.1, -0.05) is 12.8 Å². The SMILES string of the molecule is COc1ccc(NC(=O)[C@H](CCCCN)NC(=O)c2cc(NC(=O)[C@H](CCCCCN)NC(=O)c3cc(NC(=O)[C@H](CCCCN)NC(=O)c4cc(N)ccc4OC)ccc3OC)ccc2OC)cc1C(N)=O. The summed E-state index contributed by atoms with van der Waals surface area (Å²) in [6, 6.07) is 14.5. The summed E-state index contributed by atoms with van der Waals surface area (Å²) >= 11 is 0. The second-order valence-corrected chi connectivity index (χ2v) is 16.8. The van der Waals surface area contributed by atoms with Crippen LogP contribution in [0.15, 0.2) is 72.8 Å². The predicted molar refractivity (Wildman–Crippen MR) is 278 cm³/mol. The van der Waals surface area contributed by atoms with Crippen LogP contribution in [0, 0.1) is 0 Å². The van der Waals surface area contributed by atoms with Crippen LogP contribution in [-0.4, -0.2) is 108 Å². The maximum Gasteiger partial charge on any atom is 0.255 e. The maximum absolute atomic E-state index is 14.2. The van der Waals surface area contributed by atoms with Gasteiger partial charge in [-0.25, -0.2) is 0 Å². The van der Waals surface area contributed by atoms with Gasteiger partial charge in [0.15, 0.2) is 0 Å². The molecule has 0 heterocycles. The molecule has 0 saturated heterocycles. The Morgan fingerprint density at radius 2 is 0.726 bits per heavy atom. The molecule has 0 spiro atoms. The fourth-order valence-corrected chi connectivity index (χ4v) is 7.67. The maximum atomic E-state index is 14.2. The van der Waals surface area contributed by atoms with Crippen molar-refractivity contribution in [2.45, 2.75) is 82.3 Å². The van der Waals surface area contributed by atoms with Crippen molar-refractivity contribution >= 4 is 64.1 Å². The van der Waals surface area contributed by atoms with E-state index < -0.39 is 59.5 Å². The van der Waals surface area contributed by atoms with Crippen molar-refractivity contribution in [1.82, 2.24) is 16.0 Å². The van der Waals surface area contributed by atoms with Gasteiger partial charge in [-0.15, -0.1) is 0 Å². The zero-order chi connectivity index (χ0) is 53.5. The number of primary amides is 1. The summed E-state index contributed by atoms with van der Waals surface area (Å²) in [7, 11) is 5.51. The number of carbonyl (C=O) groups excluding carboxylic acids is 7. The third kappa shape index (κ3) is 17.1. The number of anilines is 4. The quantitative estimate of drug-likeness (QED) is 0.0263. The van der Waals surface area contributed by atoms with Crippen LogP contribution < -0.4 is 79.5 Å². The van der Waals surface area contributed by atoms with Gasteiger partial charge in [-0.2, -0.15) is 0 Å². The van der Waals surface area contributed by atoms with Gasteiger partial charge in [0.1, 0.15) is 41.1 Å². The Morgan fingerprint density at radius 3 is 1.07 bits per heavy atom. The fourth-order valence-electron chi connectivity index (χ4n) is 7.67. The molecule has 0 aliphatic heterocycles. The van der Waals surface area contributed by atoms with E-state index in [0.717, 1.165) is 0 Å². The Kier molecular flexibility index (Phi) is 23.2. The van der Waals surface area contributed by atoms with Crippen LogP contribution in [0.2, 0.25) is 0 Å². The van der Waals surface area contributed by atoms with Gasteiger partial charge in [0.25, 0.3) is 23.6 Å². The Bertz CT molecular complexity index is 2560. The Labute approximate surface area is 424 Å². The van der Waals surface area contributed by atoms with Gasteiger partial charge in [0, 0.05) is 22.7 Å². The summed E-state index contributed by atoms with van der Waals surface area (Å²) in [5.74, 6) is -3.80. The highest BCUT2D eigenvalue weighted by Crippen LogP contribution is 2.27. The highest BCUT2D eigenvalue weighted by atomic mass is 16.5. The van der Waals surface area contributed by atoms with Crippen molar-refractivity contribution in [3.8, 4) is 23.0 Å². The molecule has 0 aliphatic rings. The molecular formula is C51H69N11O11. The summed E-state index contributed by atoms with van der Waals surface area (Å²) in [5.41, 5.74) is 29.7. The first-order valence-corrected chi connectivity index (χ1v) is 23.8. The molecule has 0 aliphatic carbocycles. The molecule has 22 nitrogen and oxygen atoms in total. The molecule has 4 aromatic rings. The molecule has 22 heteroatoms. The Morgan fingerprint density at radius 1 is 0.425 bits per heavy atom.